The largest absolute Gasteiger partial charge is 0.299 e. The Morgan fingerprint density at radius 1 is 1.17 bits per heavy atom. The summed E-state index contributed by atoms with van der Waals surface area (Å²) in [6.45, 7) is 0. The first kappa shape index (κ1) is 7.46. The molecule has 0 radical (unpaired) electrons. The molecule has 1 saturated heterocycles. The Morgan fingerprint density at radius 2 is 1.92 bits per heavy atom. The van der Waals surface area contributed by atoms with Gasteiger partial charge in [-0.1, -0.05) is 0 Å². The lowest BCUT2D eigenvalue weighted by molar-refractivity contribution is -0.135. The van der Waals surface area contributed by atoms with Crippen LogP contribution in [0.4, 0.5) is 0 Å². The molecule has 4 nitrogen and oxygen atoms in total. The molecule has 0 spiro atoms. The second-order valence-electron chi connectivity index (χ2n) is 3.30. The van der Waals surface area contributed by atoms with Gasteiger partial charge < -0.3 is 0 Å². The molecule has 2 atom stereocenters. The van der Waals surface area contributed by atoms with Gasteiger partial charge in [0.05, 0.1) is 5.92 Å². The van der Waals surface area contributed by atoms with Gasteiger partial charge >= 0.3 is 0 Å². The third kappa shape index (κ3) is 0.873. The van der Waals surface area contributed by atoms with Gasteiger partial charge in [0.25, 0.3) is 0 Å². The molecule has 0 aromatic heterocycles. The SMILES string of the molecule is O=C1NC(=O)C2C(=O)CCCC12. The lowest BCUT2D eigenvalue weighted by atomic mass is 9.80. The number of ketones is 1. The zero-order valence-corrected chi connectivity index (χ0v) is 6.50. The van der Waals surface area contributed by atoms with E-state index in [9.17, 15) is 14.4 Å². The van der Waals surface area contributed by atoms with Gasteiger partial charge in [0.15, 0.2) is 0 Å². The van der Waals surface area contributed by atoms with E-state index in [-0.39, 0.29) is 17.6 Å². The Labute approximate surface area is 69.3 Å². The van der Waals surface area contributed by atoms with Crippen LogP contribution >= 0.6 is 0 Å². The van der Waals surface area contributed by atoms with Gasteiger partial charge in [0, 0.05) is 6.42 Å². The topological polar surface area (TPSA) is 63.2 Å². The summed E-state index contributed by atoms with van der Waals surface area (Å²) >= 11 is 0. The quantitative estimate of drug-likeness (QED) is 0.395. The van der Waals surface area contributed by atoms with Gasteiger partial charge in [0.2, 0.25) is 11.8 Å². The van der Waals surface area contributed by atoms with Gasteiger partial charge in [-0.3, -0.25) is 19.7 Å². The lowest BCUT2D eigenvalue weighted by Gasteiger charge is -2.18. The summed E-state index contributed by atoms with van der Waals surface area (Å²) in [6.07, 6.45) is 1.86. The highest BCUT2D eigenvalue weighted by Crippen LogP contribution is 2.31. The van der Waals surface area contributed by atoms with Crippen LogP contribution in [-0.4, -0.2) is 17.6 Å². The van der Waals surface area contributed by atoms with Crippen LogP contribution in [0.1, 0.15) is 19.3 Å². The maximum absolute atomic E-state index is 11.2. The lowest BCUT2D eigenvalue weighted by Crippen LogP contribution is -2.30. The van der Waals surface area contributed by atoms with E-state index >= 15 is 0 Å². The van der Waals surface area contributed by atoms with E-state index < -0.39 is 11.8 Å². The van der Waals surface area contributed by atoms with Gasteiger partial charge in [-0.25, -0.2) is 0 Å². The zero-order chi connectivity index (χ0) is 8.72. The van der Waals surface area contributed by atoms with Gasteiger partial charge in [-0.2, -0.15) is 0 Å². The van der Waals surface area contributed by atoms with E-state index in [4.69, 9.17) is 0 Å². The first-order valence-corrected chi connectivity index (χ1v) is 4.07. The number of carbonyl (C=O) groups excluding carboxylic acids is 3. The molecule has 2 amide bonds. The number of imide groups is 1. The third-order valence-electron chi connectivity index (χ3n) is 2.55. The van der Waals surface area contributed by atoms with Gasteiger partial charge in [-0.15, -0.1) is 0 Å². The van der Waals surface area contributed by atoms with Crippen molar-refractivity contribution in [3.63, 3.8) is 0 Å². The smallest absolute Gasteiger partial charge is 0.237 e. The molecule has 64 valence electrons. The van der Waals surface area contributed by atoms with Crippen molar-refractivity contribution in [2.75, 3.05) is 0 Å². The molecule has 1 aliphatic carbocycles. The fourth-order valence-corrected chi connectivity index (χ4v) is 1.95. The van der Waals surface area contributed by atoms with Crippen molar-refractivity contribution >= 4 is 17.6 Å². The van der Waals surface area contributed by atoms with E-state index in [2.05, 4.69) is 5.32 Å². The van der Waals surface area contributed by atoms with Crippen LogP contribution in [0.2, 0.25) is 0 Å². The molecule has 1 N–H and O–H groups in total. The molecule has 1 aliphatic heterocycles. The highest BCUT2D eigenvalue weighted by molar-refractivity contribution is 6.15. The van der Waals surface area contributed by atoms with E-state index in [0.717, 1.165) is 6.42 Å². The van der Waals surface area contributed by atoms with Crippen LogP contribution in [0.3, 0.4) is 0 Å². The Bertz CT molecular complexity index is 271. The van der Waals surface area contributed by atoms with Crippen LogP contribution in [0.5, 0.6) is 0 Å². The van der Waals surface area contributed by atoms with Gasteiger partial charge in [0.1, 0.15) is 11.7 Å². The number of Topliss-reactive ketones (excluding diaryl/α,β-unsaturated/α-hetero) is 1. The highest BCUT2D eigenvalue weighted by atomic mass is 16.2. The monoisotopic (exact) mass is 167 g/mol. The first-order valence-electron chi connectivity index (χ1n) is 4.07. The first-order chi connectivity index (χ1) is 5.70. The van der Waals surface area contributed by atoms with Crippen LogP contribution < -0.4 is 5.32 Å². The van der Waals surface area contributed by atoms with E-state index in [1.165, 1.54) is 0 Å². The molecule has 2 rings (SSSR count). The van der Waals surface area contributed by atoms with E-state index in [1.807, 2.05) is 0 Å². The maximum atomic E-state index is 11.2. The van der Waals surface area contributed by atoms with Crippen LogP contribution in [0.25, 0.3) is 0 Å². The molecule has 0 aromatic rings. The maximum Gasteiger partial charge on any atom is 0.237 e. The molecular formula is C8H9NO3. The fraction of sp³-hybridized carbons (Fsp3) is 0.625. The summed E-state index contributed by atoms with van der Waals surface area (Å²) in [7, 11) is 0. The molecule has 2 aliphatic rings. The molecule has 12 heavy (non-hydrogen) atoms. The Hall–Kier alpha value is -1.19. The van der Waals surface area contributed by atoms with Crippen LogP contribution in [0, 0.1) is 11.8 Å². The summed E-state index contributed by atoms with van der Waals surface area (Å²) in [5.74, 6) is -1.76. The second kappa shape index (κ2) is 2.40. The molecule has 2 unspecified atom stereocenters. The highest BCUT2D eigenvalue weighted by Gasteiger charge is 2.47. The van der Waals surface area contributed by atoms with Crippen molar-refractivity contribution in [2.24, 2.45) is 11.8 Å². The van der Waals surface area contributed by atoms with E-state index in [1.54, 1.807) is 0 Å². The van der Waals surface area contributed by atoms with Crippen molar-refractivity contribution in [3.8, 4) is 0 Å². The predicted octanol–water partition coefficient (Wildman–Crippen LogP) is -0.372. The molecule has 2 fully saturated rings. The number of nitrogens with one attached hydrogen (secondary N) is 1. The minimum Gasteiger partial charge on any atom is -0.299 e. The van der Waals surface area contributed by atoms with Crippen molar-refractivity contribution in [2.45, 2.75) is 19.3 Å². The number of hydrogen-bond acceptors (Lipinski definition) is 3. The van der Waals surface area contributed by atoms with Crippen molar-refractivity contribution in [3.05, 3.63) is 0 Å². The van der Waals surface area contributed by atoms with Crippen molar-refractivity contribution in [1.29, 1.82) is 0 Å². The number of rotatable bonds is 0. The second-order valence-corrected chi connectivity index (χ2v) is 3.30. The standard InChI is InChI=1S/C8H9NO3/c10-5-3-1-2-4-6(5)8(12)9-7(4)11/h4,6H,1-3H2,(H,9,11,12). The molecule has 0 bridgehead atoms. The molecule has 4 heteroatoms. The van der Waals surface area contributed by atoms with Crippen molar-refractivity contribution in [1.82, 2.24) is 5.32 Å². The predicted molar refractivity (Wildman–Crippen MR) is 39.0 cm³/mol. The minimum atomic E-state index is -0.661. The summed E-state index contributed by atoms with van der Waals surface area (Å²) < 4.78 is 0. The third-order valence-corrected chi connectivity index (χ3v) is 2.55. The molecular weight excluding hydrogens is 158 g/mol. The summed E-state index contributed by atoms with van der Waals surface area (Å²) in [4.78, 5) is 33.4. The summed E-state index contributed by atoms with van der Waals surface area (Å²) in [5, 5.41) is 2.19. The Morgan fingerprint density at radius 3 is 2.58 bits per heavy atom. The van der Waals surface area contributed by atoms with Crippen LogP contribution in [0.15, 0.2) is 0 Å². The van der Waals surface area contributed by atoms with Crippen molar-refractivity contribution < 1.29 is 14.4 Å². The normalized spacial score (nSPS) is 34.8. The zero-order valence-electron chi connectivity index (χ0n) is 6.50. The Kier molecular flexibility index (Phi) is 1.49. The molecule has 0 aromatic carbocycles. The average Bonchev–Trinajstić information content (AvgIpc) is 2.29. The minimum absolute atomic E-state index is 0.0744. The molecule has 1 saturated carbocycles. The average molecular weight is 167 g/mol. The number of fused-ring (bicyclic) bond motifs is 1. The van der Waals surface area contributed by atoms with Gasteiger partial charge in [-0.05, 0) is 12.8 Å². The fourth-order valence-electron chi connectivity index (χ4n) is 1.95. The number of carbonyl (C=O) groups is 3. The van der Waals surface area contributed by atoms with Crippen LogP contribution in [-0.2, 0) is 14.4 Å². The Balaban J connectivity index is 2.30. The molecule has 1 heterocycles. The number of amides is 2. The number of hydrogen-bond donors (Lipinski definition) is 1. The summed E-state index contributed by atoms with van der Waals surface area (Å²) in [5.41, 5.74) is 0. The summed E-state index contributed by atoms with van der Waals surface area (Å²) in [6, 6.07) is 0. The van der Waals surface area contributed by atoms with E-state index in [0.29, 0.717) is 12.8 Å².